The van der Waals surface area contributed by atoms with Gasteiger partial charge >= 0.3 is 0 Å². The summed E-state index contributed by atoms with van der Waals surface area (Å²) in [7, 11) is 0. The summed E-state index contributed by atoms with van der Waals surface area (Å²) in [6.07, 6.45) is 7.13. The molecule has 0 amide bonds. The van der Waals surface area contributed by atoms with Gasteiger partial charge in [-0.2, -0.15) is 0 Å². The summed E-state index contributed by atoms with van der Waals surface area (Å²) in [6.45, 7) is 2.30. The van der Waals surface area contributed by atoms with E-state index in [0.717, 1.165) is 6.42 Å². The molecule has 1 nitrogen and oxygen atoms in total. The first kappa shape index (κ1) is 10.9. The summed E-state index contributed by atoms with van der Waals surface area (Å²) in [6, 6.07) is 12.8. The van der Waals surface area contributed by atoms with Gasteiger partial charge in [0.1, 0.15) is 0 Å². The highest BCUT2D eigenvalue weighted by molar-refractivity contribution is 5.90. The second-order valence-corrected chi connectivity index (χ2v) is 5.49. The molecule has 1 aromatic carbocycles. The molecule has 0 spiro atoms. The Morgan fingerprint density at radius 1 is 1.11 bits per heavy atom. The number of furan rings is 1. The Morgan fingerprint density at radius 3 is 2.68 bits per heavy atom. The van der Waals surface area contributed by atoms with Crippen molar-refractivity contribution < 1.29 is 4.42 Å². The van der Waals surface area contributed by atoms with E-state index in [0.29, 0.717) is 11.8 Å². The molecule has 0 aliphatic heterocycles. The molecule has 0 fully saturated rings. The van der Waals surface area contributed by atoms with Gasteiger partial charge < -0.3 is 4.42 Å². The zero-order chi connectivity index (χ0) is 12.8. The number of rotatable bonds is 3. The van der Waals surface area contributed by atoms with Gasteiger partial charge in [-0.1, -0.05) is 48.9 Å². The van der Waals surface area contributed by atoms with E-state index in [4.69, 9.17) is 4.42 Å². The predicted molar refractivity (Wildman–Crippen MR) is 76.5 cm³/mol. The molecule has 0 saturated carbocycles. The molecule has 1 aromatic heterocycles. The molecule has 1 heterocycles. The maximum absolute atomic E-state index is 5.22. The SMILES string of the molecule is CC1C=C(c2ccoc2)C2=C1C2Cc1ccccc1. The van der Waals surface area contributed by atoms with Gasteiger partial charge in [-0.05, 0) is 35.1 Å². The summed E-state index contributed by atoms with van der Waals surface area (Å²) in [5.41, 5.74) is 7.27. The van der Waals surface area contributed by atoms with Gasteiger partial charge in [-0.25, -0.2) is 0 Å². The zero-order valence-corrected chi connectivity index (χ0v) is 11.0. The van der Waals surface area contributed by atoms with Crippen LogP contribution in [0.4, 0.5) is 0 Å². The van der Waals surface area contributed by atoms with Crippen molar-refractivity contribution in [3.05, 3.63) is 77.3 Å². The topological polar surface area (TPSA) is 13.1 Å². The highest BCUT2D eigenvalue weighted by Crippen LogP contribution is 2.58. The summed E-state index contributed by atoms with van der Waals surface area (Å²) >= 11 is 0. The van der Waals surface area contributed by atoms with Crippen LogP contribution in [0, 0.1) is 11.8 Å². The van der Waals surface area contributed by atoms with Crippen LogP contribution in [0.1, 0.15) is 18.1 Å². The van der Waals surface area contributed by atoms with E-state index in [2.05, 4.69) is 49.4 Å². The lowest BCUT2D eigenvalue weighted by Crippen LogP contribution is -2.00. The largest absolute Gasteiger partial charge is 0.472 e. The van der Waals surface area contributed by atoms with Crippen molar-refractivity contribution in [1.29, 1.82) is 0 Å². The highest BCUT2D eigenvalue weighted by atomic mass is 16.3. The fourth-order valence-corrected chi connectivity index (χ4v) is 3.35. The summed E-state index contributed by atoms with van der Waals surface area (Å²) in [5, 5.41) is 0. The van der Waals surface area contributed by atoms with Crippen molar-refractivity contribution in [3.63, 3.8) is 0 Å². The van der Waals surface area contributed by atoms with Crippen molar-refractivity contribution in [1.82, 2.24) is 0 Å². The third-order valence-electron chi connectivity index (χ3n) is 4.26. The number of allylic oxidation sites excluding steroid dienone is 4. The van der Waals surface area contributed by atoms with Crippen molar-refractivity contribution in [2.45, 2.75) is 13.3 Å². The fraction of sp³-hybridized carbons (Fsp3) is 0.222. The minimum Gasteiger partial charge on any atom is -0.472 e. The monoisotopic (exact) mass is 248 g/mol. The van der Waals surface area contributed by atoms with Crippen LogP contribution < -0.4 is 0 Å². The highest BCUT2D eigenvalue weighted by Gasteiger charge is 2.45. The van der Waals surface area contributed by atoms with Crippen LogP contribution in [-0.2, 0) is 6.42 Å². The maximum Gasteiger partial charge on any atom is 0.0980 e. The summed E-state index contributed by atoms with van der Waals surface area (Å²) in [4.78, 5) is 0. The minimum absolute atomic E-state index is 0.591. The third kappa shape index (κ3) is 1.69. The van der Waals surface area contributed by atoms with Crippen molar-refractivity contribution >= 4 is 5.57 Å². The molecule has 94 valence electrons. The van der Waals surface area contributed by atoms with Crippen LogP contribution in [-0.4, -0.2) is 0 Å². The lowest BCUT2D eigenvalue weighted by Gasteiger charge is -2.11. The molecule has 4 rings (SSSR count). The lowest BCUT2D eigenvalue weighted by molar-refractivity contribution is 0.566. The average Bonchev–Trinajstić information content (AvgIpc) is 2.80. The zero-order valence-electron chi connectivity index (χ0n) is 11.0. The van der Waals surface area contributed by atoms with E-state index in [9.17, 15) is 0 Å². The minimum atomic E-state index is 0.591. The Hall–Kier alpha value is -2.02. The molecule has 1 heteroatoms. The molecule has 2 aromatic rings. The van der Waals surface area contributed by atoms with Crippen LogP contribution in [0.3, 0.4) is 0 Å². The van der Waals surface area contributed by atoms with E-state index < -0.39 is 0 Å². The molecule has 0 saturated heterocycles. The Kier molecular flexibility index (Phi) is 2.28. The Balaban J connectivity index is 1.57. The van der Waals surface area contributed by atoms with E-state index in [1.807, 2.05) is 6.26 Å². The first-order valence-corrected chi connectivity index (χ1v) is 6.87. The molecule has 2 unspecified atom stereocenters. The maximum atomic E-state index is 5.22. The van der Waals surface area contributed by atoms with Crippen molar-refractivity contribution in [2.75, 3.05) is 0 Å². The van der Waals surface area contributed by atoms with Gasteiger partial charge in [-0.15, -0.1) is 0 Å². The first-order valence-electron chi connectivity index (χ1n) is 6.87. The molecule has 2 aliphatic carbocycles. The van der Waals surface area contributed by atoms with Gasteiger partial charge in [0.2, 0.25) is 0 Å². The standard InChI is InChI=1S/C18H16O/c1-12-9-15(14-7-8-19-11-14)18-16(17(12)18)10-13-5-3-2-4-6-13/h2-9,11-12,16H,10H2,1H3. The smallest absolute Gasteiger partial charge is 0.0980 e. The summed E-state index contributed by atoms with van der Waals surface area (Å²) < 4.78 is 5.22. The second-order valence-electron chi connectivity index (χ2n) is 5.49. The number of hydrogen-bond donors (Lipinski definition) is 0. The van der Waals surface area contributed by atoms with E-state index in [1.54, 1.807) is 17.4 Å². The molecule has 2 atom stereocenters. The Labute approximate surface area is 113 Å². The molecule has 2 aliphatic rings. The molecule has 19 heavy (non-hydrogen) atoms. The molecule has 0 radical (unpaired) electrons. The quantitative estimate of drug-likeness (QED) is 0.780. The van der Waals surface area contributed by atoms with E-state index >= 15 is 0 Å². The van der Waals surface area contributed by atoms with E-state index in [1.165, 1.54) is 16.7 Å². The van der Waals surface area contributed by atoms with Gasteiger partial charge in [-0.3, -0.25) is 0 Å². The van der Waals surface area contributed by atoms with Crippen LogP contribution in [0.2, 0.25) is 0 Å². The number of hydrogen-bond acceptors (Lipinski definition) is 1. The normalized spacial score (nSPS) is 24.4. The predicted octanol–water partition coefficient (Wildman–Crippen LogP) is 4.48. The van der Waals surface area contributed by atoms with Crippen LogP contribution in [0.25, 0.3) is 5.57 Å². The summed E-state index contributed by atoms with van der Waals surface area (Å²) in [5.74, 6) is 1.25. The lowest BCUT2D eigenvalue weighted by atomic mass is 9.93. The van der Waals surface area contributed by atoms with E-state index in [-0.39, 0.29) is 0 Å². The molecule has 0 N–H and O–H groups in total. The second kappa shape index (κ2) is 3.99. The van der Waals surface area contributed by atoms with Gasteiger partial charge in [0, 0.05) is 11.5 Å². The van der Waals surface area contributed by atoms with Crippen LogP contribution in [0.15, 0.2) is 70.6 Å². The van der Waals surface area contributed by atoms with Gasteiger partial charge in [0.05, 0.1) is 12.5 Å². The Bertz CT molecular complexity index is 659. The van der Waals surface area contributed by atoms with Gasteiger partial charge in [0.15, 0.2) is 0 Å². The van der Waals surface area contributed by atoms with Crippen molar-refractivity contribution in [3.8, 4) is 0 Å². The molecular weight excluding hydrogens is 232 g/mol. The average molecular weight is 248 g/mol. The molecular formula is C18H16O. The van der Waals surface area contributed by atoms with Crippen LogP contribution >= 0.6 is 0 Å². The first-order chi connectivity index (χ1) is 9.34. The Morgan fingerprint density at radius 2 is 1.95 bits per heavy atom. The molecule has 0 bridgehead atoms. The fourth-order valence-electron chi connectivity index (χ4n) is 3.35. The third-order valence-corrected chi connectivity index (χ3v) is 4.26. The van der Waals surface area contributed by atoms with Crippen LogP contribution in [0.5, 0.6) is 0 Å². The van der Waals surface area contributed by atoms with Gasteiger partial charge in [0.25, 0.3) is 0 Å². The number of benzene rings is 1. The van der Waals surface area contributed by atoms with Crippen molar-refractivity contribution in [2.24, 2.45) is 11.8 Å².